The molecule has 0 aliphatic carbocycles. The first kappa shape index (κ1) is 18.3. The zero-order valence-corrected chi connectivity index (χ0v) is 15.0. The van der Waals surface area contributed by atoms with Crippen molar-refractivity contribution in [2.45, 2.75) is 31.1 Å². The Kier molecular flexibility index (Phi) is 5.85. The van der Waals surface area contributed by atoms with Crippen LogP contribution >= 0.6 is 11.6 Å². The van der Waals surface area contributed by atoms with Crippen LogP contribution in [0.1, 0.15) is 37.3 Å². The molecule has 0 aromatic heterocycles. The summed E-state index contributed by atoms with van der Waals surface area (Å²) in [6.45, 7) is 4.17. The van der Waals surface area contributed by atoms with Crippen LogP contribution in [0.2, 0.25) is 5.02 Å². The first-order valence-electron chi connectivity index (χ1n) is 7.47. The molecule has 2 aromatic carbocycles. The van der Waals surface area contributed by atoms with Gasteiger partial charge in [-0.25, -0.2) is 4.83 Å². The van der Waals surface area contributed by atoms with Gasteiger partial charge >= 0.3 is 0 Å². The minimum atomic E-state index is -3.77. The van der Waals surface area contributed by atoms with Crippen molar-refractivity contribution >= 4 is 27.8 Å². The Bertz CT molecular complexity index is 833. The average Bonchev–Trinajstić information content (AvgIpc) is 2.57. The largest absolute Gasteiger partial charge is 0.507 e. The third-order valence-corrected chi connectivity index (χ3v) is 5.21. The van der Waals surface area contributed by atoms with E-state index in [-0.39, 0.29) is 10.6 Å². The van der Waals surface area contributed by atoms with Gasteiger partial charge in [-0.3, -0.25) is 0 Å². The molecule has 0 saturated carbocycles. The Morgan fingerprint density at radius 3 is 2.54 bits per heavy atom. The highest BCUT2D eigenvalue weighted by Gasteiger charge is 2.13. The molecule has 0 radical (unpaired) electrons. The van der Waals surface area contributed by atoms with Gasteiger partial charge in [0.1, 0.15) is 5.75 Å². The normalized spacial score (nSPS) is 13.1. The number of phenolic OH excluding ortho intramolecular Hbond substituents is 1. The molecule has 0 saturated heterocycles. The van der Waals surface area contributed by atoms with Crippen molar-refractivity contribution in [3.8, 4) is 5.75 Å². The smallest absolute Gasteiger partial charge is 0.276 e. The van der Waals surface area contributed by atoms with Gasteiger partial charge in [0, 0.05) is 10.6 Å². The lowest BCUT2D eigenvalue weighted by molar-refractivity contribution is 0.474. The molecule has 0 heterocycles. The zero-order valence-electron chi connectivity index (χ0n) is 13.4. The lowest BCUT2D eigenvalue weighted by Gasteiger charge is -2.10. The highest BCUT2D eigenvalue weighted by molar-refractivity contribution is 7.89. The minimum Gasteiger partial charge on any atom is -0.507 e. The van der Waals surface area contributed by atoms with E-state index in [0.717, 1.165) is 12.0 Å². The predicted octanol–water partition coefficient (Wildman–Crippen LogP) is 3.87. The molecule has 0 aliphatic rings. The fraction of sp³-hybridized carbons (Fsp3) is 0.235. The Hall–Kier alpha value is -2.05. The summed E-state index contributed by atoms with van der Waals surface area (Å²) in [6, 6.07) is 11.1. The fourth-order valence-electron chi connectivity index (χ4n) is 2.06. The van der Waals surface area contributed by atoms with Crippen LogP contribution in [0.25, 0.3) is 0 Å². The highest BCUT2D eigenvalue weighted by Crippen LogP contribution is 2.21. The monoisotopic (exact) mass is 366 g/mol. The summed E-state index contributed by atoms with van der Waals surface area (Å²) in [4.78, 5) is 2.25. The lowest BCUT2D eigenvalue weighted by Crippen LogP contribution is -2.18. The third-order valence-electron chi connectivity index (χ3n) is 3.74. The van der Waals surface area contributed by atoms with Crippen LogP contribution in [0.3, 0.4) is 0 Å². The Balaban J connectivity index is 2.13. The van der Waals surface area contributed by atoms with Crippen LogP contribution < -0.4 is 4.83 Å². The van der Waals surface area contributed by atoms with Crippen LogP contribution in [-0.2, 0) is 10.0 Å². The van der Waals surface area contributed by atoms with E-state index in [1.165, 1.54) is 24.4 Å². The molecular formula is C17H19ClN2O3S. The van der Waals surface area contributed by atoms with Gasteiger partial charge in [0.15, 0.2) is 0 Å². The molecular weight excluding hydrogens is 348 g/mol. The zero-order chi connectivity index (χ0) is 17.7. The van der Waals surface area contributed by atoms with E-state index < -0.39 is 10.0 Å². The molecule has 0 amide bonds. The van der Waals surface area contributed by atoms with Gasteiger partial charge in [-0.05, 0) is 48.2 Å². The summed E-state index contributed by atoms with van der Waals surface area (Å²) in [5.41, 5.74) is 1.40. The molecule has 0 fully saturated rings. The maximum atomic E-state index is 12.2. The number of nitrogens with one attached hydrogen (secondary N) is 1. The van der Waals surface area contributed by atoms with Crippen molar-refractivity contribution in [2.75, 3.05) is 0 Å². The number of phenols is 1. The van der Waals surface area contributed by atoms with Gasteiger partial charge in [0.2, 0.25) is 0 Å². The molecule has 128 valence electrons. The highest BCUT2D eigenvalue weighted by atomic mass is 35.5. The number of halogens is 1. The maximum Gasteiger partial charge on any atom is 0.276 e. The van der Waals surface area contributed by atoms with E-state index in [9.17, 15) is 13.5 Å². The van der Waals surface area contributed by atoms with Crippen molar-refractivity contribution in [2.24, 2.45) is 5.10 Å². The number of hydrogen-bond acceptors (Lipinski definition) is 4. The molecule has 0 unspecified atom stereocenters. The summed E-state index contributed by atoms with van der Waals surface area (Å²) in [6.07, 6.45) is 2.18. The number of sulfonamides is 1. The van der Waals surface area contributed by atoms with Crippen LogP contribution in [0.4, 0.5) is 0 Å². The summed E-state index contributed by atoms with van der Waals surface area (Å²) in [7, 11) is -3.77. The maximum absolute atomic E-state index is 12.2. The number of rotatable bonds is 6. The van der Waals surface area contributed by atoms with Crippen LogP contribution in [0, 0.1) is 0 Å². The SMILES string of the molecule is CC[C@@H](C)c1ccc(S(=O)(=O)N/N=C\c2cc(Cl)ccc2O)cc1. The second kappa shape index (κ2) is 7.68. The van der Waals surface area contributed by atoms with Gasteiger partial charge < -0.3 is 5.11 Å². The average molecular weight is 367 g/mol. The summed E-state index contributed by atoms with van der Waals surface area (Å²) < 4.78 is 24.4. The topological polar surface area (TPSA) is 78.8 Å². The molecule has 5 nitrogen and oxygen atoms in total. The van der Waals surface area contributed by atoms with Crippen molar-refractivity contribution < 1.29 is 13.5 Å². The quantitative estimate of drug-likeness (QED) is 0.601. The van der Waals surface area contributed by atoms with Crippen molar-refractivity contribution in [1.29, 1.82) is 0 Å². The predicted molar refractivity (Wildman–Crippen MR) is 96.2 cm³/mol. The van der Waals surface area contributed by atoms with Crippen LogP contribution in [0.5, 0.6) is 5.75 Å². The van der Waals surface area contributed by atoms with Crippen molar-refractivity contribution in [3.05, 3.63) is 58.6 Å². The molecule has 24 heavy (non-hydrogen) atoms. The minimum absolute atomic E-state index is 0.0414. The number of hydrazone groups is 1. The molecule has 2 rings (SSSR count). The van der Waals surface area contributed by atoms with Gasteiger partial charge in [-0.15, -0.1) is 0 Å². The molecule has 1 atom stereocenters. The second-order valence-electron chi connectivity index (χ2n) is 5.43. The van der Waals surface area contributed by atoms with E-state index in [1.807, 2.05) is 0 Å². The Labute approximate surface area is 147 Å². The Morgan fingerprint density at radius 2 is 1.92 bits per heavy atom. The molecule has 0 bridgehead atoms. The standard InChI is InChI=1S/C17H19ClN2O3S/c1-3-12(2)13-4-7-16(8-5-13)24(22,23)20-19-11-14-10-15(18)6-9-17(14)21/h4-12,20-21H,3H2,1-2H3/b19-11-/t12-/m1/s1. The molecule has 2 aromatic rings. The van der Waals surface area contributed by atoms with Crippen LogP contribution in [-0.4, -0.2) is 19.7 Å². The second-order valence-corrected chi connectivity index (χ2v) is 7.53. The molecule has 0 spiro atoms. The lowest BCUT2D eigenvalue weighted by atomic mass is 9.99. The first-order chi connectivity index (χ1) is 11.3. The molecule has 0 aliphatic heterocycles. The molecule has 7 heteroatoms. The van der Waals surface area contributed by atoms with Gasteiger partial charge in [-0.1, -0.05) is 37.6 Å². The van der Waals surface area contributed by atoms with Gasteiger partial charge in [-0.2, -0.15) is 13.5 Å². The molecule has 2 N–H and O–H groups in total. The van der Waals surface area contributed by atoms with E-state index in [2.05, 4.69) is 23.8 Å². The number of nitrogens with zero attached hydrogens (tertiary/aromatic N) is 1. The summed E-state index contributed by atoms with van der Waals surface area (Å²) >= 11 is 5.82. The van der Waals surface area contributed by atoms with E-state index in [1.54, 1.807) is 24.3 Å². The van der Waals surface area contributed by atoms with Crippen molar-refractivity contribution in [3.63, 3.8) is 0 Å². The number of benzene rings is 2. The third kappa shape index (κ3) is 4.49. The van der Waals surface area contributed by atoms with Crippen molar-refractivity contribution in [1.82, 2.24) is 4.83 Å². The fourth-order valence-corrected chi connectivity index (χ4v) is 3.03. The van der Waals surface area contributed by atoms with E-state index >= 15 is 0 Å². The van der Waals surface area contributed by atoms with Gasteiger partial charge in [0.05, 0.1) is 11.1 Å². The van der Waals surface area contributed by atoms with E-state index in [4.69, 9.17) is 11.6 Å². The summed E-state index contributed by atoms with van der Waals surface area (Å²) in [5, 5.41) is 13.8. The van der Waals surface area contributed by atoms with Gasteiger partial charge in [0.25, 0.3) is 10.0 Å². The van der Waals surface area contributed by atoms with E-state index in [0.29, 0.717) is 16.5 Å². The number of aromatic hydroxyl groups is 1. The Morgan fingerprint density at radius 1 is 1.25 bits per heavy atom. The summed E-state index contributed by atoms with van der Waals surface area (Å²) in [5.74, 6) is 0.332. The first-order valence-corrected chi connectivity index (χ1v) is 9.33. The number of hydrogen-bond donors (Lipinski definition) is 2. The van der Waals surface area contributed by atoms with Crippen LogP contribution in [0.15, 0.2) is 52.5 Å².